The van der Waals surface area contributed by atoms with Gasteiger partial charge in [-0.05, 0) is 38.1 Å². The third kappa shape index (κ3) is 49.6. The largest absolute Gasteiger partial charge is 0.693 e. The van der Waals surface area contributed by atoms with Crippen LogP contribution in [0, 0.1) is 13.8 Å². The smallest absolute Gasteiger partial charge is 0.693 e. The molecule has 0 saturated carbocycles. The van der Waals surface area contributed by atoms with Gasteiger partial charge in [0, 0.05) is 23.8 Å². The molecule has 0 bridgehead atoms. The molecule has 2 aromatic heterocycles. The van der Waals surface area contributed by atoms with Crippen molar-refractivity contribution in [3.8, 4) is 0 Å². The van der Waals surface area contributed by atoms with E-state index in [1.165, 1.54) is 0 Å². The number of nitrogens with zero attached hydrogens (tertiary/aromatic N) is 2. The summed E-state index contributed by atoms with van der Waals surface area (Å²) in [7, 11) is 14.4. The van der Waals surface area contributed by atoms with Crippen molar-refractivity contribution in [2.24, 2.45) is 0 Å². The molecule has 0 aliphatic carbocycles. The number of halogens is 3. The van der Waals surface area contributed by atoms with E-state index >= 15 is 0 Å². The van der Waals surface area contributed by atoms with Crippen LogP contribution in [0.5, 0.6) is 0 Å². The van der Waals surface area contributed by atoms with Gasteiger partial charge in [0.1, 0.15) is 0 Å². The van der Waals surface area contributed by atoms with Gasteiger partial charge in [-0.1, -0.05) is 12.1 Å². The Kier molecular flexibility index (Phi) is 108. The van der Waals surface area contributed by atoms with E-state index in [-0.39, 0.29) is 39.7 Å². The molecule has 0 amide bonds. The van der Waals surface area contributed by atoms with Crippen LogP contribution in [-0.2, 0) is 35.3 Å². The minimum atomic E-state index is -0.472. The Morgan fingerprint density at radius 2 is 0.923 bits per heavy atom. The van der Waals surface area contributed by atoms with E-state index in [0.717, 1.165) is 11.4 Å². The SMILES string of the molecule is Cc1ccccn1.Cc1ccccn1.O.O.O.O.O.[Cl][Pt+].[Cl][Pt][Cl].[NH2-].[NH2-]. The number of hydrogen-bond donors (Lipinski definition) is 0. The maximum atomic E-state index is 4.88. The van der Waals surface area contributed by atoms with Crippen molar-refractivity contribution in [3.63, 3.8) is 0 Å². The van der Waals surface area contributed by atoms with Gasteiger partial charge in [0.25, 0.3) is 0 Å². The summed E-state index contributed by atoms with van der Waals surface area (Å²) >= 11 is 1.14. The Hall–Kier alpha value is 0.267. The standard InChI is InChI=1S/2C6H7N.3ClH.2H2N.5H2O.2Pt/c2*1-6-4-2-3-5-7-6;;;;;;;;;;;;/h2*2-5H,1H3;3*1H;7*1H2;;/q;;;;;2*-1;;;;;;2*+2/p-3. The first-order valence-corrected chi connectivity index (χ1v) is 13.3. The van der Waals surface area contributed by atoms with Gasteiger partial charge in [-0.15, -0.1) is 0 Å². The molecule has 2 aromatic rings. The van der Waals surface area contributed by atoms with Crippen molar-refractivity contribution < 1.29 is 62.6 Å². The Bertz CT molecular complexity index is 364. The van der Waals surface area contributed by atoms with Crippen LogP contribution in [0.15, 0.2) is 48.8 Å². The first-order chi connectivity index (χ1) is 9.20. The van der Waals surface area contributed by atoms with Crippen molar-refractivity contribution in [1.82, 2.24) is 9.97 Å². The van der Waals surface area contributed by atoms with E-state index in [9.17, 15) is 0 Å². The maximum Gasteiger partial charge on any atom is -0.693 e. The van der Waals surface area contributed by atoms with E-state index < -0.39 is 16.5 Å². The van der Waals surface area contributed by atoms with Gasteiger partial charge in [-0.25, -0.2) is 0 Å². The van der Waals surface area contributed by atoms with E-state index in [1.807, 2.05) is 50.2 Å². The van der Waals surface area contributed by atoms with Gasteiger partial charge in [-0.3, -0.25) is 9.97 Å². The van der Waals surface area contributed by atoms with Crippen LogP contribution >= 0.6 is 28.3 Å². The normalized spacial score (nSPS) is 5.81. The van der Waals surface area contributed by atoms with Gasteiger partial charge in [0.05, 0.1) is 0 Å². The molecule has 0 radical (unpaired) electrons. The van der Waals surface area contributed by atoms with E-state index in [0.29, 0.717) is 0 Å². The molecule has 9 nitrogen and oxygen atoms in total. The first kappa shape index (κ1) is 56.2. The molecular weight excluding hydrogens is 777 g/mol. The molecule has 168 valence electrons. The summed E-state index contributed by atoms with van der Waals surface area (Å²) in [5.74, 6) is 0. The Labute approximate surface area is 186 Å². The average molecular weight is 805 g/mol. The fraction of sp³-hybridized carbons (Fsp3) is 0.167. The molecule has 0 unspecified atom stereocenters. The van der Waals surface area contributed by atoms with Crippen molar-refractivity contribution in [2.75, 3.05) is 0 Å². The summed E-state index contributed by atoms with van der Waals surface area (Å²) in [5.41, 5.74) is 2.14. The second-order valence-electron chi connectivity index (χ2n) is 2.99. The molecule has 14 N–H and O–H groups in total. The molecule has 0 spiro atoms. The van der Waals surface area contributed by atoms with Crippen molar-refractivity contribution in [3.05, 3.63) is 72.5 Å². The predicted molar refractivity (Wildman–Crippen MR) is 104 cm³/mol. The maximum absolute atomic E-state index is 4.88. The van der Waals surface area contributed by atoms with Crippen LogP contribution in [0.2, 0.25) is 0 Å². The molecule has 2 heterocycles. The quantitative estimate of drug-likeness (QED) is 0.388. The zero-order valence-electron chi connectivity index (χ0n) is 13.9. The zero-order chi connectivity index (χ0) is 14.9. The predicted octanol–water partition coefficient (Wildman–Crippen LogP) is 2.15. The molecule has 0 atom stereocenters. The number of rotatable bonds is 0. The van der Waals surface area contributed by atoms with E-state index in [4.69, 9.17) is 18.8 Å². The number of nitrogens with two attached hydrogens (primary N) is 2. The van der Waals surface area contributed by atoms with Crippen LogP contribution in [0.3, 0.4) is 0 Å². The summed E-state index contributed by atoms with van der Waals surface area (Å²) < 4.78 is 0. The topological polar surface area (TPSA) is 250 Å². The molecule has 26 heavy (non-hydrogen) atoms. The number of aryl methyl sites for hydroxylation is 2. The van der Waals surface area contributed by atoms with Crippen LogP contribution < -0.4 is 0 Å². The summed E-state index contributed by atoms with van der Waals surface area (Å²) in [5, 5.41) is 0. The van der Waals surface area contributed by atoms with Crippen molar-refractivity contribution in [1.29, 1.82) is 0 Å². The minimum Gasteiger partial charge on any atom is -0.693 e. The van der Waals surface area contributed by atoms with Gasteiger partial charge in [0.2, 0.25) is 0 Å². The summed E-state index contributed by atoms with van der Waals surface area (Å²) in [6.45, 7) is 3.94. The Morgan fingerprint density at radius 3 is 1.00 bits per heavy atom. The summed E-state index contributed by atoms with van der Waals surface area (Å²) in [6.07, 6.45) is 3.57. The van der Waals surface area contributed by atoms with Crippen LogP contribution in [0.4, 0.5) is 0 Å². The van der Waals surface area contributed by atoms with Crippen LogP contribution in [0.1, 0.15) is 11.4 Å². The molecule has 0 fully saturated rings. The molecular formula is C12H28Cl3N4O5Pt2-. The van der Waals surface area contributed by atoms with Gasteiger partial charge in [0.15, 0.2) is 0 Å². The molecule has 2 rings (SSSR count). The van der Waals surface area contributed by atoms with Gasteiger partial charge < -0.3 is 39.7 Å². The van der Waals surface area contributed by atoms with Crippen LogP contribution in [0.25, 0.3) is 12.3 Å². The number of hydrogen-bond acceptors (Lipinski definition) is 2. The fourth-order valence-corrected chi connectivity index (χ4v) is 0.896. The zero-order valence-corrected chi connectivity index (χ0v) is 20.7. The molecule has 0 aliphatic rings. The number of pyridine rings is 2. The van der Waals surface area contributed by atoms with Crippen LogP contribution in [-0.4, -0.2) is 37.3 Å². The van der Waals surface area contributed by atoms with E-state index in [1.54, 1.807) is 31.2 Å². The Morgan fingerprint density at radius 1 is 0.692 bits per heavy atom. The average Bonchev–Trinajstić information content (AvgIpc) is 2.44. The third-order valence-electron chi connectivity index (χ3n) is 1.63. The van der Waals surface area contributed by atoms with E-state index in [2.05, 4.69) is 19.4 Å². The second kappa shape index (κ2) is 49.9. The van der Waals surface area contributed by atoms with Gasteiger partial charge in [-0.2, -0.15) is 0 Å². The van der Waals surface area contributed by atoms with Crippen molar-refractivity contribution in [2.45, 2.75) is 13.8 Å². The van der Waals surface area contributed by atoms with Crippen molar-refractivity contribution >= 4 is 28.3 Å². The molecule has 0 aliphatic heterocycles. The summed E-state index contributed by atoms with van der Waals surface area (Å²) in [6, 6.07) is 11.7. The molecule has 14 heteroatoms. The number of aromatic nitrogens is 2. The summed E-state index contributed by atoms with van der Waals surface area (Å²) in [4.78, 5) is 7.96. The Balaban J connectivity index is -0.0000000210. The second-order valence-corrected chi connectivity index (χ2v) is 6.27. The third-order valence-corrected chi connectivity index (χ3v) is 1.63. The fourth-order valence-electron chi connectivity index (χ4n) is 0.896. The molecule has 0 saturated heterocycles. The minimum absolute atomic E-state index is 0. The first-order valence-electron chi connectivity index (χ1n) is 4.90. The molecule has 0 aromatic carbocycles. The monoisotopic (exact) mass is 803 g/mol. The van der Waals surface area contributed by atoms with Gasteiger partial charge >= 0.3 is 63.5 Å².